The van der Waals surface area contributed by atoms with Crippen molar-refractivity contribution in [2.45, 2.75) is 19.0 Å². The van der Waals surface area contributed by atoms with E-state index in [-0.39, 0.29) is 23.4 Å². The van der Waals surface area contributed by atoms with Crippen molar-refractivity contribution in [2.75, 3.05) is 18.6 Å². The molecule has 0 radical (unpaired) electrons. The van der Waals surface area contributed by atoms with Crippen LogP contribution in [0.2, 0.25) is 0 Å². The summed E-state index contributed by atoms with van der Waals surface area (Å²) in [6, 6.07) is 9.26. The molecule has 1 aliphatic rings. The number of guanidine groups is 1. The second-order valence-electron chi connectivity index (χ2n) is 6.23. The molecular formula is C18H21FN4O3S. The van der Waals surface area contributed by atoms with Crippen molar-refractivity contribution in [2.24, 2.45) is 4.99 Å². The molecule has 9 heteroatoms. The van der Waals surface area contributed by atoms with Gasteiger partial charge in [0.1, 0.15) is 11.6 Å². The summed E-state index contributed by atoms with van der Waals surface area (Å²) in [5, 5.41) is 6.25. The lowest BCUT2D eigenvalue weighted by molar-refractivity contribution is 0.457. The number of hydrogen-bond donors (Lipinski definition) is 2. The van der Waals surface area contributed by atoms with Crippen molar-refractivity contribution in [1.82, 2.24) is 15.6 Å². The molecule has 0 bridgehead atoms. The van der Waals surface area contributed by atoms with E-state index < -0.39 is 9.84 Å². The summed E-state index contributed by atoms with van der Waals surface area (Å²) in [6.07, 6.45) is 2.23. The molecule has 1 unspecified atom stereocenters. The normalized spacial score (nSPS) is 18.9. The van der Waals surface area contributed by atoms with Gasteiger partial charge in [0.15, 0.2) is 15.8 Å². The maximum absolute atomic E-state index is 13.2. The van der Waals surface area contributed by atoms with Gasteiger partial charge in [-0.25, -0.2) is 17.8 Å². The molecule has 1 fully saturated rings. The van der Waals surface area contributed by atoms with Crippen LogP contribution in [0.25, 0.3) is 0 Å². The Kier molecular flexibility index (Phi) is 5.90. The average molecular weight is 392 g/mol. The minimum atomic E-state index is -2.94. The van der Waals surface area contributed by atoms with Crippen LogP contribution in [0.3, 0.4) is 0 Å². The van der Waals surface area contributed by atoms with Crippen molar-refractivity contribution < 1.29 is 17.5 Å². The molecule has 7 nitrogen and oxygen atoms in total. The van der Waals surface area contributed by atoms with Gasteiger partial charge in [0.05, 0.1) is 11.5 Å². The second-order valence-corrected chi connectivity index (χ2v) is 8.46. The van der Waals surface area contributed by atoms with Gasteiger partial charge < -0.3 is 15.4 Å². The first kappa shape index (κ1) is 19.1. The Morgan fingerprint density at radius 1 is 1.37 bits per heavy atom. The monoisotopic (exact) mass is 392 g/mol. The number of halogens is 1. The molecule has 1 atom stereocenters. The van der Waals surface area contributed by atoms with Gasteiger partial charge in [0, 0.05) is 38.0 Å². The third-order valence-corrected chi connectivity index (χ3v) is 5.84. The summed E-state index contributed by atoms with van der Waals surface area (Å²) in [4.78, 5) is 8.32. The van der Waals surface area contributed by atoms with Gasteiger partial charge in [-0.1, -0.05) is 12.1 Å². The van der Waals surface area contributed by atoms with Crippen molar-refractivity contribution in [1.29, 1.82) is 0 Å². The van der Waals surface area contributed by atoms with Gasteiger partial charge in [-0.3, -0.25) is 4.99 Å². The number of nitrogens with zero attached hydrogens (tertiary/aromatic N) is 2. The van der Waals surface area contributed by atoms with Gasteiger partial charge in [0.2, 0.25) is 5.88 Å². The summed E-state index contributed by atoms with van der Waals surface area (Å²) in [6.45, 7) is 0.465. The number of ether oxygens (including phenoxy) is 1. The van der Waals surface area contributed by atoms with Crippen LogP contribution in [0.4, 0.5) is 4.39 Å². The van der Waals surface area contributed by atoms with Crippen molar-refractivity contribution in [3.63, 3.8) is 0 Å². The lowest BCUT2D eigenvalue weighted by Gasteiger charge is -2.16. The summed E-state index contributed by atoms with van der Waals surface area (Å²) in [5.74, 6) is 1.24. The zero-order valence-electron chi connectivity index (χ0n) is 14.9. The Balaban J connectivity index is 1.52. The molecule has 0 spiro atoms. The maximum atomic E-state index is 13.2. The third-order valence-electron chi connectivity index (χ3n) is 4.07. The number of sulfone groups is 1. The molecule has 0 aliphatic carbocycles. The second kappa shape index (κ2) is 8.34. The van der Waals surface area contributed by atoms with Crippen molar-refractivity contribution in [3.8, 4) is 11.6 Å². The van der Waals surface area contributed by atoms with Crippen LogP contribution in [-0.2, 0) is 16.4 Å². The predicted octanol–water partition coefficient (Wildman–Crippen LogP) is 1.87. The number of nitrogens with one attached hydrogen (secondary N) is 2. The molecule has 1 aliphatic heterocycles. The molecular weight excluding hydrogens is 371 g/mol. The van der Waals surface area contributed by atoms with E-state index in [2.05, 4.69) is 20.6 Å². The lowest BCUT2D eigenvalue weighted by Crippen LogP contribution is -2.43. The number of benzene rings is 1. The molecule has 1 saturated heterocycles. The van der Waals surface area contributed by atoms with Gasteiger partial charge in [-0.2, -0.15) is 0 Å². The Morgan fingerprint density at radius 2 is 2.22 bits per heavy atom. The highest BCUT2D eigenvalue weighted by Crippen LogP contribution is 2.20. The van der Waals surface area contributed by atoms with Crippen LogP contribution in [0, 0.1) is 5.82 Å². The third kappa shape index (κ3) is 5.65. The highest BCUT2D eigenvalue weighted by Gasteiger charge is 2.28. The minimum absolute atomic E-state index is 0.124. The molecule has 1 aromatic heterocycles. The van der Waals surface area contributed by atoms with Crippen LogP contribution in [0.1, 0.15) is 12.0 Å². The number of aliphatic imine (C=N–C) groups is 1. The first-order valence-electron chi connectivity index (χ1n) is 8.49. The largest absolute Gasteiger partial charge is 0.439 e. The zero-order valence-corrected chi connectivity index (χ0v) is 15.7. The number of rotatable bonds is 5. The van der Waals surface area contributed by atoms with E-state index in [1.165, 1.54) is 12.1 Å². The van der Waals surface area contributed by atoms with Gasteiger partial charge >= 0.3 is 0 Å². The first-order valence-corrected chi connectivity index (χ1v) is 10.3. The highest BCUT2D eigenvalue weighted by atomic mass is 32.2. The van der Waals surface area contributed by atoms with Crippen LogP contribution in [0.5, 0.6) is 11.6 Å². The van der Waals surface area contributed by atoms with E-state index in [1.54, 1.807) is 31.4 Å². The standard InChI is InChI=1S/C18H21FN4O3S/c1-20-18(23-15-7-8-27(24,25)12-15)22-11-13-5-6-17(21-10-13)26-16-4-2-3-14(19)9-16/h2-6,9-10,15H,7-8,11-12H2,1H3,(H2,20,22,23). The molecule has 2 heterocycles. The fourth-order valence-corrected chi connectivity index (χ4v) is 4.38. The Hall–Kier alpha value is -2.68. The van der Waals surface area contributed by atoms with Crippen LogP contribution >= 0.6 is 0 Å². The average Bonchev–Trinajstić information content (AvgIpc) is 2.98. The predicted molar refractivity (Wildman–Crippen MR) is 101 cm³/mol. The molecule has 3 rings (SSSR count). The Bertz CT molecular complexity index is 916. The summed E-state index contributed by atoms with van der Waals surface area (Å²) in [5.41, 5.74) is 0.892. The summed E-state index contributed by atoms with van der Waals surface area (Å²) >= 11 is 0. The number of hydrogen-bond acceptors (Lipinski definition) is 5. The van der Waals surface area contributed by atoms with E-state index >= 15 is 0 Å². The summed E-state index contributed by atoms with van der Waals surface area (Å²) < 4.78 is 41.7. The fourth-order valence-electron chi connectivity index (χ4n) is 2.71. The maximum Gasteiger partial charge on any atom is 0.219 e. The van der Waals surface area contributed by atoms with E-state index in [9.17, 15) is 12.8 Å². The van der Waals surface area contributed by atoms with Gasteiger partial charge in [-0.05, 0) is 24.1 Å². The van der Waals surface area contributed by atoms with E-state index in [4.69, 9.17) is 4.74 Å². The molecule has 2 N–H and O–H groups in total. The minimum Gasteiger partial charge on any atom is -0.439 e. The molecule has 0 saturated carbocycles. The Labute approximate surface area is 157 Å². The zero-order chi connectivity index (χ0) is 19.3. The molecule has 27 heavy (non-hydrogen) atoms. The van der Waals surface area contributed by atoms with Crippen LogP contribution in [-0.4, -0.2) is 44.0 Å². The fraction of sp³-hybridized carbons (Fsp3) is 0.333. The smallest absolute Gasteiger partial charge is 0.219 e. The highest BCUT2D eigenvalue weighted by molar-refractivity contribution is 7.91. The molecule has 144 valence electrons. The summed E-state index contributed by atoms with van der Waals surface area (Å²) in [7, 11) is -1.31. The molecule has 1 aromatic carbocycles. The molecule has 0 amide bonds. The van der Waals surface area contributed by atoms with Crippen molar-refractivity contribution in [3.05, 3.63) is 54.0 Å². The SMILES string of the molecule is CN=C(NCc1ccc(Oc2cccc(F)c2)nc1)NC1CCS(=O)(=O)C1. The quantitative estimate of drug-likeness (QED) is 0.596. The van der Waals surface area contributed by atoms with Crippen LogP contribution < -0.4 is 15.4 Å². The van der Waals surface area contributed by atoms with Gasteiger partial charge in [-0.15, -0.1) is 0 Å². The van der Waals surface area contributed by atoms with Crippen LogP contribution in [0.15, 0.2) is 47.6 Å². The first-order chi connectivity index (χ1) is 12.9. The topological polar surface area (TPSA) is 92.7 Å². The number of aromatic nitrogens is 1. The van der Waals surface area contributed by atoms with E-state index in [0.29, 0.717) is 30.6 Å². The van der Waals surface area contributed by atoms with E-state index in [0.717, 1.165) is 5.56 Å². The Morgan fingerprint density at radius 3 is 2.85 bits per heavy atom. The lowest BCUT2D eigenvalue weighted by atomic mass is 10.2. The molecule has 2 aromatic rings. The van der Waals surface area contributed by atoms with Crippen molar-refractivity contribution >= 4 is 15.8 Å². The van der Waals surface area contributed by atoms with Gasteiger partial charge in [0.25, 0.3) is 0 Å². The van der Waals surface area contributed by atoms with E-state index in [1.807, 2.05) is 6.07 Å². The number of pyridine rings is 1.